The molecule has 192 valence electrons. The third-order valence-corrected chi connectivity index (χ3v) is 7.14. The van der Waals surface area contributed by atoms with Crippen LogP contribution < -0.4 is 9.62 Å². The van der Waals surface area contributed by atoms with Gasteiger partial charge in [0.05, 0.1) is 5.69 Å². The Labute approximate surface area is 211 Å². The minimum Gasteiger partial charge on any atom is -0.350 e. The standard InChI is InChI=1S/C24H32ClFN4O4S/c1-17(23(32)27-24(2,3)4)29(15-18-7-9-19(25)10-8-18)22(31)16-30(35(33,34)28(5)6)21-13-11-20(26)12-14-21/h7-14,17H,15-16H2,1-6H3,(H,27,32)/t17-/m0/s1. The molecule has 0 unspecified atom stereocenters. The van der Waals surface area contributed by atoms with Crippen LogP contribution in [0.4, 0.5) is 10.1 Å². The Balaban J connectivity index is 2.45. The van der Waals surface area contributed by atoms with E-state index in [-0.39, 0.29) is 18.1 Å². The van der Waals surface area contributed by atoms with E-state index in [1.807, 2.05) is 20.8 Å². The summed E-state index contributed by atoms with van der Waals surface area (Å²) in [7, 11) is -1.44. The maximum atomic E-state index is 13.6. The van der Waals surface area contributed by atoms with E-state index in [4.69, 9.17) is 11.6 Å². The Bertz CT molecular complexity index is 1130. The van der Waals surface area contributed by atoms with E-state index >= 15 is 0 Å². The van der Waals surface area contributed by atoms with Gasteiger partial charge in [-0.15, -0.1) is 0 Å². The summed E-state index contributed by atoms with van der Waals surface area (Å²) in [6, 6.07) is 10.7. The van der Waals surface area contributed by atoms with Gasteiger partial charge in [-0.2, -0.15) is 12.7 Å². The summed E-state index contributed by atoms with van der Waals surface area (Å²) in [5.74, 6) is -1.53. The predicted molar refractivity (Wildman–Crippen MR) is 136 cm³/mol. The van der Waals surface area contributed by atoms with Gasteiger partial charge in [0.25, 0.3) is 0 Å². The van der Waals surface area contributed by atoms with Gasteiger partial charge in [0.2, 0.25) is 11.8 Å². The first-order valence-corrected chi connectivity index (χ1v) is 12.7. The molecule has 35 heavy (non-hydrogen) atoms. The number of hydrogen-bond donors (Lipinski definition) is 1. The third kappa shape index (κ3) is 7.91. The first-order valence-electron chi connectivity index (χ1n) is 10.9. The number of nitrogens with one attached hydrogen (secondary N) is 1. The second-order valence-corrected chi connectivity index (χ2v) is 11.8. The zero-order valence-electron chi connectivity index (χ0n) is 20.7. The van der Waals surface area contributed by atoms with Crippen LogP contribution >= 0.6 is 11.6 Å². The van der Waals surface area contributed by atoms with E-state index in [9.17, 15) is 22.4 Å². The summed E-state index contributed by atoms with van der Waals surface area (Å²) in [4.78, 5) is 27.8. The molecule has 2 amide bonds. The number of hydrogen-bond acceptors (Lipinski definition) is 4. The fourth-order valence-electron chi connectivity index (χ4n) is 3.17. The molecule has 0 aliphatic carbocycles. The van der Waals surface area contributed by atoms with Crippen molar-refractivity contribution in [2.45, 2.75) is 45.8 Å². The van der Waals surface area contributed by atoms with Crippen molar-refractivity contribution in [3.8, 4) is 0 Å². The van der Waals surface area contributed by atoms with Crippen LogP contribution in [0.15, 0.2) is 48.5 Å². The number of nitrogens with zero attached hydrogens (tertiary/aromatic N) is 3. The Morgan fingerprint density at radius 2 is 1.57 bits per heavy atom. The molecule has 2 rings (SSSR count). The highest BCUT2D eigenvalue weighted by molar-refractivity contribution is 7.90. The molecule has 1 atom stereocenters. The molecule has 0 aromatic heterocycles. The number of carbonyl (C=O) groups is 2. The maximum absolute atomic E-state index is 13.6. The zero-order valence-corrected chi connectivity index (χ0v) is 22.3. The van der Waals surface area contributed by atoms with Crippen molar-refractivity contribution < 1.29 is 22.4 Å². The number of halogens is 2. The largest absolute Gasteiger partial charge is 0.350 e. The Morgan fingerprint density at radius 3 is 2.06 bits per heavy atom. The van der Waals surface area contributed by atoms with E-state index in [0.29, 0.717) is 10.6 Å². The average Bonchev–Trinajstić information content (AvgIpc) is 2.75. The van der Waals surface area contributed by atoms with Gasteiger partial charge in [0, 0.05) is 31.2 Å². The number of anilines is 1. The first-order chi connectivity index (χ1) is 16.1. The summed E-state index contributed by atoms with van der Waals surface area (Å²) in [5, 5.41) is 3.37. The van der Waals surface area contributed by atoms with Crippen molar-refractivity contribution in [2.75, 3.05) is 24.9 Å². The molecule has 0 radical (unpaired) electrons. The predicted octanol–water partition coefficient (Wildman–Crippen LogP) is 3.42. The van der Waals surface area contributed by atoms with E-state index in [1.165, 1.54) is 31.1 Å². The Morgan fingerprint density at radius 1 is 1.03 bits per heavy atom. The Hall–Kier alpha value is -2.69. The lowest BCUT2D eigenvalue weighted by atomic mass is 10.1. The molecule has 2 aromatic rings. The normalized spacial score (nSPS) is 12.8. The van der Waals surface area contributed by atoms with E-state index in [2.05, 4.69) is 5.32 Å². The topological polar surface area (TPSA) is 90.0 Å². The molecule has 0 bridgehead atoms. The minimum absolute atomic E-state index is 0.0496. The smallest absolute Gasteiger partial charge is 0.304 e. The monoisotopic (exact) mass is 526 g/mol. The molecule has 0 aliphatic rings. The second-order valence-electron chi connectivity index (χ2n) is 9.34. The maximum Gasteiger partial charge on any atom is 0.304 e. The number of rotatable bonds is 9. The van der Waals surface area contributed by atoms with Crippen LogP contribution in [0.1, 0.15) is 33.3 Å². The van der Waals surface area contributed by atoms with Crippen molar-refractivity contribution >= 4 is 39.3 Å². The van der Waals surface area contributed by atoms with Gasteiger partial charge in [0.15, 0.2) is 0 Å². The first kappa shape index (κ1) is 28.5. The fourth-order valence-corrected chi connectivity index (χ4v) is 4.35. The average molecular weight is 527 g/mol. The number of amides is 2. The molecular formula is C24H32ClFN4O4S. The lowest BCUT2D eigenvalue weighted by molar-refractivity contribution is -0.140. The van der Waals surface area contributed by atoms with Crippen LogP contribution in [0.25, 0.3) is 0 Å². The second kappa shape index (κ2) is 11.4. The van der Waals surface area contributed by atoms with Gasteiger partial charge in [-0.25, -0.2) is 8.70 Å². The molecule has 0 heterocycles. The van der Waals surface area contributed by atoms with E-state index in [1.54, 1.807) is 31.2 Å². The molecule has 0 fully saturated rings. The zero-order chi connectivity index (χ0) is 26.6. The van der Waals surface area contributed by atoms with Crippen LogP contribution in [0.2, 0.25) is 5.02 Å². The minimum atomic E-state index is -4.11. The molecule has 8 nitrogen and oxygen atoms in total. The third-order valence-electron chi connectivity index (χ3n) is 5.07. The number of benzene rings is 2. The summed E-state index contributed by atoms with van der Waals surface area (Å²) in [6.07, 6.45) is 0. The molecule has 0 saturated heterocycles. The van der Waals surface area contributed by atoms with Gasteiger partial charge in [-0.3, -0.25) is 9.59 Å². The number of carbonyl (C=O) groups excluding carboxylic acids is 2. The highest BCUT2D eigenvalue weighted by atomic mass is 35.5. The lowest BCUT2D eigenvalue weighted by Crippen LogP contribution is -2.54. The van der Waals surface area contributed by atoms with Gasteiger partial charge in [-0.1, -0.05) is 23.7 Å². The fraction of sp³-hybridized carbons (Fsp3) is 0.417. The highest BCUT2D eigenvalue weighted by Crippen LogP contribution is 2.22. The molecule has 0 spiro atoms. The van der Waals surface area contributed by atoms with Crippen molar-refractivity contribution in [3.05, 3.63) is 64.9 Å². The SMILES string of the molecule is C[C@@H](C(=O)NC(C)(C)C)N(Cc1ccc(Cl)cc1)C(=O)CN(c1ccc(F)cc1)S(=O)(=O)N(C)C. The van der Waals surface area contributed by atoms with Crippen LogP contribution in [0.5, 0.6) is 0 Å². The van der Waals surface area contributed by atoms with Crippen molar-refractivity contribution in [1.82, 2.24) is 14.5 Å². The molecule has 1 N–H and O–H groups in total. The van der Waals surface area contributed by atoms with Gasteiger partial charge in [-0.05, 0) is 69.7 Å². The quantitative estimate of drug-likeness (QED) is 0.542. The molecule has 0 saturated carbocycles. The summed E-state index contributed by atoms with van der Waals surface area (Å²) >= 11 is 5.97. The van der Waals surface area contributed by atoms with Gasteiger partial charge >= 0.3 is 10.2 Å². The summed E-state index contributed by atoms with van der Waals surface area (Å²) < 4.78 is 41.4. The summed E-state index contributed by atoms with van der Waals surface area (Å²) in [6.45, 7) is 6.51. The van der Waals surface area contributed by atoms with Crippen molar-refractivity contribution in [2.24, 2.45) is 0 Å². The molecule has 0 aliphatic heterocycles. The molecular weight excluding hydrogens is 495 g/mol. The van der Waals surface area contributed by atoms with Crippen molar-refractivity contribution in [3.63, 3.8) is 0 Å². The van der Waals surface area contributed by atoms with E-state index < -0.39 is 40.1 Å². The summed E-state index contributed by atoms with van der Waals surface area (Å²) in [5.41, 5.74) is 0.294. The van der Waals surface area contributed by atoms with Crippen LogP contribution in [-0.2, 0) is 26.3 Å². The van der Waals surface area contributed by atoms with Gasteiger partial charge in [0.1, 0.15) is 18.4 Å². The molecule has 2 aromatic carbocycles. The molecule has 11 heteroatoms. The van der Waals surface area contributed by atoms with Crippen LogP contribution in [-0.4, -0.2) is 61.7 Å². The van der Waals surface area contributed by atoms with Crippen LogP contribution in [0, 0.1) is 5.82 Å². The Kier molecular flexibility index (Phi) is 9.27. The van der Waals surface area contributed by atoms with Crippen LogP contribution in [0.3, 0.4) is 0 Å². The van der Waals surface area contributed by atoms with Crippen molar-refractivity contribution in [1.29, 1.82) is 0 Å². The highest BCUT2D eigenvalue weighted by Gasteiger charge is 2.33. The van der Waals surface area contributed by atoms with Gasteiger partial charge < -0.3 is 10.2 Å². The van der Waals surface area contributed by atoms with E-state index in [0.717, 1.165) is 20.7 Å². The lowest BCUT2D eigenvalue weighted by Gasteiger charge is -2.34.